The highest BCUT2D eigenvalue weighted by atomic mass is 19.4. The van der Waals surface area contributed by atoms with E-state index < -0.39 is 11.7 Å². The van der Waals surface area contributed by atoms with Crippen molar-refractivity contribution in [3.8, 4) is 69.0 Å². The normalized spacial score (nSPS) is 11.4. The molecule has 0 N–H and O–H groups in total. The van der Waals surface area contributed by atoms with Gasteiger partial charge in [0.1, 0.15) is 11.6 Å². The van der Waals surface area contributed by atoms with Gasteiger partial charge < -0.3 is 9.13 Å². The molecule has 62 heavy (non-hydrogen) atoms. The lowest BCUT2D eigenvalue weighted by Gasteiger charge is -2.22. The molecule has 10 rings (SSSR count). The standard InChI is InChI=1S/C53H27F3N6/c54-53(55,56)45-9-5-6-38(30-59)51(45)43-24-25-48(61-46-10-3-1-7-39(46)41-22-20-36(26-49(41)61)34-16-12-32(28-57)13-17-34)44(31-60)52(43)62-47-11-4-2-8-40(47)42-23-21-37(27-50(42)62)35-18-14-33(29-58)15-19-35/h1-27H. The molecule has 0 atom stereocenters. The van der Waals surface area contributed by atoms with Gasteiger partial charge in [-0.25, -0.2) is 0 Å². The van der Waals surface area contributed by atoms with E-state index in [9.17, 15) is 21.0 Å². The first-order valence-corrected chi connectivity index (χ1v) is 19.5. The second-order valence-electron chi connectivity index (χ2n) is 14.9. The molecule has 2 aromatic heterocycles. The molecule has 0 amide bonds. The summed E-state index contributed by atoms with van der Waals surface area (Å²) in [6, 6.07) is 57.2. The fourth-order valence-corrected chi connectivity index (χ4v) is 8.76. The van der Waals surface area contributed by atoms with Crippen molar-refractivity contribution in [2.45, 2.75) is 6.18 Å². The van der Waals surface area contributed by atoms with Gasteiger partial charge in [0.15, 0.2) is 0 Å². The molecular weight excluding hydrogens is 778 g/mol. The van der Waals surface area contributed by atoms with Crippen LogP contribution in [0, 0.1) is 45.3 Å². The number of para-hydroxylation sites is 2. The Labute approximate surface area is 352 Å². The predicted octanol–water partition coefficient (Wildman–Crippen LogP) is 13.4. The third kappa shape index (κ3) is 5.85. The number of fused-ring (bicyclic) bond motifs is 6. The summed E-state index contributed by atoms with van der Waals surface area (Å²) in [6.07, 6.45) is -4.84. The van der Waals surface area contributed by atoms with Gasteiger partial charge in [0.25, 0.3) is 0 Å². The lowest BCUT2D eigenvalue weighted by molar-refractivity contribution is -0.137. The molecule has 0 saturated heterocycles. The Balaban J connectivity index is 1.36. The van der Waals surface area contributed by atoms with Gasteiger partial charge in [-0.3, -0.25) is 0 Å². The molecule has 2 heterocycles. The van der Waals surface area contributed by atoms with E-state index in [4.69, 9.17) is 0 Å². The Morgan fingerprint density at radius 3 is 1.44 bits per heavy atom. The maximum atomic E-state index is 15.2. The first-order valence-electron chi connectivity index (χ1n) is 19.5. The zero-order valence-corrected chi connectivity index (χ0v) is 32.4. The number of aromatic nitrogens is 2. The van der Waals surface area contributed by atoms with Crippen LogP contribution in [-0.4, -0.2) is 9.13 Å². The van der Waals surface area contributed by atoms with Crippen molar-refractivity contribution in [2.24, 2.45) is 0 Å². The zero-order valence-electron chi connectivity index (χ0n) is 32.4. The molecule has 0 unspecified atom stereocenters. The van der Waals surface area contributed by atoms with Gasteiger partial charge in [-0.2, -0.15) is 34.2 Å². The maximum absolute atomic E-state index is 15.2. The van der Waals surface area contributed by atoms with Gasteiger partial charge in [-0.05, 0) is 89.0 Å². The zero-order chi connectivity index (χ0) is 42.7. The number of nitriles is 4. The number of hydrogen-bond donors (Lipinski definition) is 0. The Kier molecular flexibility index (Phi) is 8.70. The van der Waals surface area contributed by atoms with E-state index in [1.54, 1.807) is 36.4 Å². The van der Waals surface area contributed by atoms with Crippen LogP contribution >= 0.6 is 0 Å². The van der Waals surface area contributed by atoms with Gasteiger partial charge >= 0.3 is 6.18 Å². The molecule has 8 aromatic carbocycles. The fourth-order valence-electron chi connectivity index (χ4n) is 8.76. The highest BCUT2D eigenvalue weighted by molar-refractivity contribution is 6.13. The summed E-state index contributed by atoms with van der Waals surface area (Å²) in [6.45, 7) is 0. The Morgan fingerprint density at radius 1 is 0.419 bits per heavy atom. The minimum Gasteiger partial charge on any atom is -0.308 e. The molecule has 9 heteroatoms. The largest absolute Gasteiger partial charge is 0.417 e. The van der Waals surface area contributed by atoms with Crippen LogP contribution in [0.25, 0.3) is 88.4 Å². The molecule has 0 saturated carbocycles. The van der Waals surface area contributed by atoms with Crippen LogP contribution in [0.3, 0.4) is 0 Å². The average molecular weight is 805 g/mol. The smallest absolute Gasteiger partial charge is 0.308 e. The third-order valence-corrected chi connectivity index (χ3v) is 11.5. The molecule has 10 aromatic rings. The van der Waals surface area contributed by atoms with Gasteiger partial charge in [-0.15, -0.1) is 0 Å². The van der Waals surface area contributed by atoms with Crippen LogP contribution in [0.4, 0.5) is 13.2 Å². The van der Waals surface area contributed by atoms with Crippen molar-refractivity contribution in [2.75, 3.05) is 0 Å². The first kappa shape index (κ1) is 37.4. The van der Waals surface area contributed by atoms with E-state index >= 15 is 13.2 Å². The topological polar surface area (TPSA) is 105 Å². The van der Waals surface area contributed by atoms with Gasteiger partial charge in [0.05, 0.1) is 73.9 Å². The van der Waals surface area contributed by atoms with Gasteiger partial charge in [-0.1, -0.05) is 97.1 Å². The van der Waals surface area contributed by atoms with Crippen LogP contribution in [0.5, 0.6) is 0 Å². The molecule has 6 nitrogen and oxygen atoms in total. The second-order valence-corrected chi connectivity index (χ2v) is 14.9. The van der Waals surface area contributed by atoms with Crippen LogP contribution in [0.15, 0.2) is 164 Å². The van der Waals surface area contributed by atoms with Gasteiger partial charge in [0, 0.05) is 32.7 Å². The third-order valence-electron chi connectivity index (χ3n) is 11.5. The highest BCUT2D eigenvalue weighted by Gasteiger charge is 2.36. The SMILES string of the molecule is N#Cc1ccc(-c2ccc3c4ccccc4n(-c4ccc(-c5c(C#N)cccc5C(F)(F)F)c(-n5c6ccccc6c6ccc(-c7ccc(C#N)cc7)cc65)c4C#N)c3c2)cc1. The highest BCUT2D eigenvalue weighted by Crippen LogP contribution is 2.47. The van der Waals surface area contributed by atoms with E-state index in [-0.39, 0.29) is 27.9 Å². The summed E-state index contributed by atoms with van der Waals surface area (Å²) in [5.41, 5.74) is 6.34. The van der Waals surface area contributed by atoms with Crippen molar-refractivity contribution < 1.29 is 13.2 Å². The Morgan fingerprint density at radius 2 is 0.919 bits per heavy atom. The average Bonchev–Trinajstić information content (AvgIpc) is 3.82. The van der Waals surface area contributed by atoms with Crippen molar-refractivity contribution in [1.82, 2.24) is 9.13 Å². The molecule has 0 aliphatic rings. The van der Waals surface area contributed by atoms with E-state index in [1.165, 1.54) is 12.1 Å². The minimum atomic E-state index is -4.84. The summed E-state index contributed by atoms with van der Waals surface area (Å²) >= 11 is 0. The minimum absolute atomic E-state index is 0.0558. The van der Waals surface area contributed by atoms with Crippen LogP contribution in [-0.2, 0) is 6.18 Å². The molecule has 0 spiro atoms. The summed E-state index contributed by atoms with van der Waals surface area (Å²) in [5, 5.41) is 44.3. The molecule has 0 aliphatic carbocycles. The summed E-state index contributed by atoms with van der Waals surface area (Å²) in [7, 11) is 0. The van der Waals surface area contributed by atoms with E-state index in [1.807, 2.05) is 124 Å². The second kappa shape index (κ2) is 14.4. The van der Waals surface area contributed by atoms with Crippen molar-refractivity contribution in [1.29, 1.82) is 21.0 Å². The predicted molar refractivity (Wildman–Crippen MR) is 235 cm³/mol. The summed E-state index contributed by atoms with van der Waals surface area (Å²) < 4.78 is 49.3. The quantitative estimate of drug-likeness (QED) is 0.173. The van der Waals surface area contributed by atoms with Crippen molar-refractivity contribution >= 4 is 43.6 Å². The molecule has 0 radical (unpaired) electrons. The van der Waals surface area contributed by atoms with E-state index in [2.05, 4.69) is 18.2 Å². The first-order chi connectivity index (χ1) is 30.2. The summed E-state index contributed by atoms with van der Waals surface area (Å²) in [5.74, 6) is 0. The molecule has 0 fully saturated rings. The summed E-state index contributed by atoms with van der Waals surface area (Å²) in [4.78, 5) is 0. The molecular formula is C53H27F3N6. The lowest BCUT2D eigenvalue weighted by Crippen LogP contribution is -2.11. The number of nitrogens with zero attached hydrogens (tertiary/aromatic N) is 6. The fraction of sp³-hybridized carbons (Fsp3) is 0.0189. The Bertz CT molecular complexity index is 3660. The number of benzene rings is 8. The number of rotatable bonds is 5. The molecule has 290 valence electrons. The van der Waals surface area contributed by atoms with Crippen LogP contribution < -0.4 is 0 Å². The van der Waals surface area contributed by atoms with Crippen molar-refractivity contribution in [3.63, 3.8) is 0 Å². The monoisotopic (exact) mass is 804 g/mol. The molecule has 0 bridgehead atoms. The van der Waals surface area contributed by atoms with Crippen LogP contribution in [0.2, 0.25) is 0 Å². The Hall–Kier alpha value is -8.89. The number of alkyl halides is 3. The molecule has 0 aliphatic heterocycles. The van der Waals surface area contributed by atoms with E-state index in [0.29, 0.717) is 27.8 Å². The van der Waals surface area contributed by atoms with Crippen molar-refractivity contribution in [3.05, 3.63) is 192 Å². The number of halogens is 3. The van der Waals surface area contributed by atoms with Crippen LogP contribution in [0.1, 0.15) is 27.8 Å². The van der Waals surface area contributed by atoms with Gasteiger partial charge in [0.2, 0.25) is 0 Å². The maximum Gasteiger partial charge on any atom is 0.417 e. The number of hydrogen-bond acceptors (Lipinski definition) is 4. The van der Waals surface area contributed by atoms with E-state index in [0.717, 1.165) is 60.9 Å². The lowest BCUT2D eigenvalue weighted by atomic mass is 9.90.